The van der Waals surface area contributed by atoms with E-state index in [-0.39, 0.29) is 11.6 Å². The molecule has 2 rings (SSSR count). The topological polar surface area (TPSA) is 64.6 Å². The van der Waals surface area contributed by atoms with Crippen molar-refractivity contribution in [1.82, 2.24) is 5.32 Å². The normalized spacial score (nSPS) is 12.9. The second-order valence-electron chi connectivity index (χ2n) is 6.50. The summed E-state index contributed by atoms with van der Waals surface area (Å²) in [7, 11) is 1.27. The molecule has 5 nitrogen and oxygen atoms in total. The Morgan fingerprint density at radius 1 is 1.00 bits per heavy atom. The summed E-state index contributed by atoms with van der Waals surface area (Å²) in [6, 6.07) is 18.4. The highest BCUT2D eigenvalue weighted by atomic mass is 79.9. The van der Waals surface area contributed by atoms with Gasteiger partial charge in [-0.3, -0.25) is 4.79 Å². The number of amides is 1. The molecule has 0 saturated heterocycles. The number of rotatable bonds is 8. The number of hydrogen-bond donors (Lipinski definition) is 1. The Morgan fingerprint density at radius 2 is 1.57 bits per heavy atom. The lowest BCUT2D eigenvalue weighted by Gasteiger charge is -2.23. The van der Waals surface area contributed by atoms with Gasteiger partial charge in [0.15, 0.2) is 0 Å². The van der Waals surface area contributed by atoms with Crippen molar-refractivity contribution >= 4 is 27.8 Å². The van der Waals surface area contributed by atoms with E-state index in [0.29, 0.717) is 16.7 Å². The van der Waals surface area contributed by atoms with Gasteiger partial charge < -0.3 is 14.8 Å². The van der Waals surface area contributed by atoms with Crippen LogP contribution in [0.4, 0.5) is 0 Å². The first-order valence-corrected chi connectivity index (χ1v) is 9.73. The maximum atomic E-state index is 12.5. The Morgan fingerprint density at radius 3 is 2.11 bits per heavy atom. The minimum absolute atomic E-state index is 0.0307. The van der Waals surface area contributed by atoms with Crippen molar-refractivity contribution in [3.63, 3.8) is 0 Å². The van der Waals surface area contributed by atoms with Crippen molar-refractivity contribution in [3.8, 4) is 0 Å². The number of esters is 1. The first-order chi connectivity index (χ1) is 13.4. The van der Waals surface area contributed by atoms with Crippen LogP contribution in [0.5, 0.6) is 0 Å². The van der Waals surface area contributed by atoms with E-state index in [1.54, 1.807) is 24.3 Å². The molecular formula is C22H24BrNO4. The summed E-state index contributed by atoms with van der Waals surface area (Å²) in [6.07, 6.45) is -0.439. The summed E-state index contributed by atoms with van der Waals surface area (Å²) in [5.74, 6) is -1.000. The maximum Gasteiger partial charge on any atom is 0.355 e. The van der Waals surface area contributed by atoms with Crippen LogP contribution in [-0.4, -0.2) is 25.1 Å². The fourth-order valence-electron chi connectivity index (χ4n) is 2.55. The summed E-state index contributed by atoms with van der Waals surface area (Å²) in [5, 5.41) is 2.66. The Hall–Kier alpha value is -2.44. The van der Waals surface area contributed by atoms with Gasteiger partial charge in [0.25, 0.3) is 5.91 Å². The van der Waals surface area contributed by atoms with Crippen molar-refractivity contribution < 1.29 is 19.1 Å². The predicted molar refractivity (Wildman–Crippen MR) is 112 cm³/mol. The van der Waals surface area contributed by atoms with Crippen LogP contribution in [0.2, 0.25) is 0 Å². The van der Waals surface area contributed by atoms with Gasteiger partial charge in [0.2, 0.25) is 0 Å². The second kappa shape index (κ2) is 10.8. The molecule has 0 aliphatic carbocycles. The SMILES string of the molecule is COC(=O)/C(NC(=O)c1ccccc1)=C(\Br)[C@@H](OCc1ccccc1)C(C)C. The quantitative estimate of drug-likeness (QED) is 0.481. The molecule has 0 aliphatic heterocycles. The smallest absolute Gasteiger partial charge is 0.355 e. The van der Waals surface area contributed by atoms with Crippen LogP contribution in [0.25, 0.3) is 0 Å². The largest absolute Gasteiger partial charge is 0.464 e. The molecule has 6 heteroatoms. The summed E-state index contributed by atoms with van der Waals surface area (Å²) < 4.78 is 11.4. The van der Waals surface area contributed by atoms with E-state index >= 15 is 0 Å². The van der Waals surface area contributed by atoms with Gasteiger partial charge in [0, 0.05) is 5.56 Å². The van der Waals surface area contributed by atoms with E-state index in [1.165, 1.54) is 7.11 Å². The molecule has 2 aromatic rings. The Kier molecular flexibility index (Phi) is 8.42. The lowest BCUT2D eigenvalue weighted by atomic mass is 10.1. The number of nitrogens with one attached hydrogen (secondary N) is 1. The van der Waals surface area contributed by atoms with E-state index in [9.17, 15) is 9.59 Å². The third-order valence-electron chi connectivity index (χ3n) is 4.03. The molecule has 1 N–H and O–H groups in total. The average molecular weight is 446 g/mol. The number of halogens is 1. The zero-order valence-corrected chi connectivity index (χ0v) is 17.7. The third-order valence-corrected chi connectivity index (χ3v) is 4.88. The van der Waals surface area contributed by atoms with Crippen LogP contribution in [0.3, 0.4) is 0 Å². The zero-order chi connectivity index (χ0) is 20.5. The first kappa shape index (κ1) is 21.9. The van der Waals surface area contributed by atoms with Gasteiger partial charge in [-0.05, 0) is 23.6 Å². The van der Waals surface area contributed by atoms with E-state index in [2.05, 4.69) is 21.2 Å². The highest BCUT2D eigenvalue weighted by Crippen LogP contribution is 2.26. The monoisotopic (exact) mass is 445 g/mol. The van der Waals surface area contributed by atoms with Crippen molar-refractivity contribution in [2.45, 2.75) is 26.6 Å². The summed E-state index contributed by atoms with van der Waals surface area (Å²) >= 11 is 3.47. The predicted octanol–water partition coefficient (Wildman–Crippen LogP) is 4.44. The Balaban J connectivity index is 2.27. The van der Waals surface area contributed by atoms with Crippen molar-refractivity contribution in [1.29, 1.82) is 0 Å². The van der Waals surface area contributed by atoms with Crippen molar-refractivity contribution in [3.05, 3.63) is 82.0 Å². The molecule has 0 radical (unpaired) electrons. The molecule has 28 heavy (non-hydrogen) atoms. The first-order valence-electron chi connectivity index (χ1n) is 8.94. The van der Waals surface area contributed by atoms with E-state index in [1.807, 2.05) is 50.2 Å². The van der Waals surface area contributed by atoms with Gasteiger partial charge in [-0.15, -0.1) is 0 Å². The highest BCUT2D eigenvalue weighted by Gasteiger charge is 2.26. The third kappa shape index (κ3) is 6.04. The standard InChI is InChI=1S/C22H24BrNO4/c1-15(2)20(28-14-16-10-6-4-7-11-16)18(23)19(22(26)27-3)24-21(25)17-12-8-5-9-13-17/h4-13,15,20H,14H2,1-3H3,(H,24,25)/b19-18+/t20-/m0/s1. The molecule has 0 bridgehead atoms. The molecule has 1 amide bonds. The lowest BCUT2D eigenvalue weighted by Crippen LogP contribution is -2.32. The van der Waals surface area contributed by atoms with Crippen LogP contribution in [0.1, 0.15) is 29.8 Å². The molecular weight excluding hydrogens is 422 g/mol. The van der Waals surface area contributed by atoms with E-state index in [0.717, 1.165) is 5.56 Å². The number of hydrogen-bond acceptors (Lipinski definition) is 4. The minimum Gasteiger partial charge on any atom is -0.464 e. The molecule has 2 aromatic carbocycles. The van der Waals surface area contributed by atoms with Crippen LogP contribution >= 0.6 is 15.9 Å². The molecule has 0 unspecified atom stereocenters. The number of carbonyl (C=O) groups is 2. The van der Waals surface area contributed by atoms with Crippen LogP contribution in [0.15, 0.2) is 70.8 Å². The zero-order valence-electron chi connectivity index (χ0n) is 16.1. The van der Waals surface area contributed by atoms with E-state index in [4.69, 9.17) is 9.47 Å². The van der Waals surface area contributed by atoms with Gasteiger partial charge in [-0.1, -0.05) is 78.3 Å². The van der Waals surface area contributed by atoms with Gasteiger partial charge in [-0.25, -0.2) is 4.79 Å². The maximum absolute atomic E-state index is 12.5. The minimum atomic E-state index is -0.648. The number of methoxy groups -OCH3 is 1. The van der Waals surface area contributed by atoms with Crippen LogP contribution in [-0.2, 0) is 20.9 Å². The number of benzene rings is 2. The van der Waals surface area contributed by atoms with E-state index < -0.39 is 18.0 Å². The van der Waals surface area contributed by atoms with Crippen LogP contribution in [0, 0.1) is 5.92 Å². The fourth-order valence-corrected chi connectivity index (χ4v) is 3.47. The van der Waals surface area contributed by atoms with Crippen LogP contribution < -0.4 is 5.32 Å². The average Bonchev–Trinajstić information content (AvgIpc) is 2.72. The van der Waals surface area contributed by atoms with Gasteiger partial charge in [0.05, 0.1) is 24.3 Å². The van der Waals surface area contributed by atoms with Gasteiger partial charge >= 0.3 is 5.97 Å². The molecule has 0 aliphatic rings. The molecule has 0 aromatic heterocycles. The molecule has 0 spiro atoms. The summed E-state index contributed by atoms with van der Waals surface area (Å²) in [4.78, 5) is 24.9. The van der Waals surface area contributed by atoms with Crippen molar-refractivity contribution in [2.75, 3.05) is 7.11 Å². The summed E-state index contributed by atoms with van der Waals surface area (Å²) in [5.41, 5.74) is 1.49. The highest BCUT2D eigenvalue weighted by molar-refractivity contribution is 9.11. The molecule has 0 heterocycles. The second-order valence-corrected chi connectivity index (χ2v) is 7.35. The Labute approximate surface area is 173 Å². The Bertz CT molecular complexity index is 819. The molecule has 148 valence electrons. The molecule has 1 atom stereocenters. The van der Waals surface area contributed by atoms with Gasteiger partial charge in [-0.2, -0.15) is 0 Å². The fraction of sp³-hybridized carbons (Fsp3) is 0.273. The summed E-state index contributed by atoms with van der Waals surface area (Å²) in [6.45, 7) is 4.33. The molecule has 0 fully saturated rings. The molecule has 0 saturated carbocycles. The number of ether oxygens (including phenoxy) is 2. The van der Waals surface area contributed by atoms with Gasteiger partial charge in [0.1, 0.15) is 5.70 Å². The lowest BCUT2D eigenvalue weighted by molar-refractivity contribution is -0.136. The number of carbonyl (C=O) groups excluding carboxylic acids is 2. The van der Waals surface area contributed by atoms with Crippen molar-refractivity contribution in [2.24, 2.45) is 5.92 Å².